The Morgan fingerprint density at radius 3 is 2.76 bits per heavy atom. The highest BCUT2D eigenvalue weighted by Gasteiger charge is 2.03. The summed E-state index contributed by atoms with van der Waals surface area (Å²) in [6, 6.07) is 6.23. The minimum absolute atomic E-state index is 0.329. The molecule has 17 heavy (non-hydrogen) atoms. The van der Waals surface area contributed by atoms with Crippen molar-refractivity contribution in [1.29, 1.82) is 0 Å². The zero-order valence-corrected chi connectivity index (χ0v) is 11.0. The van der Waals surface area contributed by atoms with E-state index < -0.39 is 0 Å². The summed E-state index contributed by atoms with van der Waals surface area (Å²) in [6.45, 7) is 0. The van der Waals surface area contributed by atoms with E-state index in [1.807, 2.05) is 0 Å². The molecule has 0 bridgehead atoms. The number of nitrogens with zero attached hydrogens (tertiary/aromatic N) is 1. The van der Waals surface area contributed by atoms with Crippen molar-refractivity contribution in [3.05, 3.63) is 52.5 Å². The van der Waals surface area contributed by atoms with Crippen molar-refractivity contribution >= 4 is 27.5 Å². The molecule has 2 rings (SSSR count). The fourth-order valence-electron chi connectivity index (χ4n) is 1.27. The molecule has 88 valence electrons. The number of hydrogen-bond donors (Lipinski definition) is 0. The first-order chi connectivity index (χ1) is 8.19. The summed E-state index contributed by atoms with van der Waals surface area (Å²) in [5.41, 5.74) is 0.866. The number of ether oxygens (including phenoxy) is 1. The standard InChI is InChI=1S/C12H8BrClFNO/c13-11-4-9(1-2-12(11)15)17-10-3-8(5-14)6-16-7-10/h1-4,6-7H,5H2. The Balaban J connectivity index is 2.22. The van der Waals surface area contributed by atoms with Crippen LogP contribution in [0, 0.1) is 5.82 Å². The summed E-state index contributed by atoms with van der Waals surface area (Å²) in [5.74, 6) is 1.15. The van der Waals surface area contributed by atoms with Crippen molar-refractivity contribution in [2.45, 2.75) is 5.88 Å². The van der Waals surface area contributed by atoms with Crippen LogP contribution in [0.1, 0.15) is 5.56 Å². The van der Waals surface area contributed by atoms with Gasteiger partial charge in [-0.25, -0.2) is 4.39 Å². The van der Waals surface area contributed by atoms with Crippen LogP contribution in [-0.2, 0) is 5.88 Å². The summed E-state index contributed by atoms with van der Waals surface area (Å²) in [5, 5.41) is 0. The zero-order valence-electron chi connectivity index (χ0n) is 8.66. The molecule has 0 unspecified atom stereocenters. The number of rotatable bonds is 3. The minimum atomic E-state index is -0.329. The first-order valence-corrected chi connectivity index (χ1v) is 6.14. The lowest BCUT2D eigenvalue weighted by Gasteiger charge is -2.06. The summed E-state index contributed by atoms with van der Waals surface area (Å²) in [7, 11) is 0. The molecule has 0 amide bonds. The molecule has 2 nitrogen and oxygen atoms in total. The van der Waals surface area contributed by atoms with Crippen LogP contribution in [0.4, 0.5) is 4.39 Å². The number of pyridine rings is 1. The third-order valence-electron chi connectivity index (χ3n) is 2.05. The van der Waals surface area contributed by atoms with Crippen LogP contribution >= 0.6 is 27.5 Å². The van der Waals surface area contributed by atoms with E-state index >= 15 is 0 Å². The predicted molar refractivity (Wildman–Crippen MR) is 68.0 cm³/mol. The molecular weight excluding hydrogens is 308 g/mol. The van der Waals surface area contributed by atoms with Gasteiger partial charge in [-0.3, -0.25) is 4.98 Å². The van der Waals surface area contributed by atoms with Gasteiger partial charge in [-0.1, -0.05) is 0 Å². The largest absolute Gasteiger partial charge is 0.456 e. The molecule has 0 saturated carbocycles. The van der Waals surface area contributed by atoms with Crippen molar-refractivity contribution in [2.24, 2.45) is 0 Å². The fraction of sp³-hybridized carbons (Fsp3) is 0.0833. The first kappa shape index (κ1) is 12.3. The van der Waals surface area contributed by atoms with Gasteiger partial charge >= 0.3 is 0 Å². The minimum Gasteiger partial charge on any atom is -0.456 e. The fourth-order valence-corrected chi connectivity index (χ4v) is 1.77. The molecule has 2 aromatic rings. The molecule has 1 aromatic carbocycles. The SMILES string of the molecule is Fc1ccc(Oc2cncc(CCl)c2)cc1Br. The highest BCUT2D eigenvalue weighted by Crippen LogP contribution is 2.26. The van der Waals surface area contributed by atoms with Crippen molar-refractivity contribution in [3.8, 4) is 11.5 Å². The van der Waals surface area contributed by atoms with E-state index in [0.717, 1.165) is 5.56 Å². The van der Waals surface area contributed by atoms with Crippen LogP contribution < -0.4 is 4.74 Å². The predicted octanol–water partition coefficient (Wildman–Crippen LogP) is 4.51. The van der Waals surface area contributed by atoms with E-state index in [0.29, 0.717) is 21.9 Å². The second-order valence-corrected chi connectivity index (χ2v) is 4.46. The second kappa shape index (κ2) is 5.47. The number of alkyl halides is 1. The van der Waals surface area contributed by atoms with Crippen molar-refractivity contribution in [3.63, 3.8) is 0 Å². The van der Waals surface area contributed by atoms with E-state index in [9.17, 15) is 4.39 Å². The third-order valence-corrected chi connectivity index (χ3v) is 2.97. The van der Waals surface area contributed by atoms with Gasteiger partial charge in [0, 0.05) is 12.1 Å². The monoisotopic (exact) mass is 315 g/mol. The summed E-state index contributed by atoms with van der Waals surface area (Å²) >= 11 is 8.79. The zero-order chi connectivity index (χ0) is 12.3. The van der Waals surface area contributed by atoms with Crippen molar-refractivity contribution in [2.75, 3.05) is 0 Å². The van der Waals surface area contributed by atoms with Gasteiger partial charge < -0.3 is 4.74 Å². The lowest BCUT2D eigenvalue weighted by Crippen LogP contribution is -1.88. The molecule has 0 radical (unpaired) electrons. The highest BCUT2D eigenvalue weighted by molar-refractivity contribution is 9.10. The molecule has 0 aliphatic carbocycles. The molecule has 1 heterocycles. The van der Waals surface area contributed by atoms with E-state index in [1.165, 1.54) is 6.07 Å². The third kappa shape index (κ3) is 3.17. The van der Waals surface area contributed by atoms with Gasteiger partial charge in [-0.05, 0) is 45.8 Å². The average molecular weight is 317 g/mol. The van der Waals surface area contributed by atoms with E-state index in [4.69, 9.17) is 16.3 Å². The Kier molecular flexibility index (Phi) is 3.97. The molecule has 0 aliphatic rings. The van der Waals surface area contributed by atoms with Gasteiger partial charge in [0.1, 0.15) is 17.3 Å². The maximum absolute atomic E-state index is 13.0. The van der Waals surface area contributed by atoms with Crippen LogP contribution in [0.5, 0.6) is 11.5 Å². The molecular formula is C12H8BrClFNO. The maximum Gasteiger partial charge on any atom is 0.146 e. The highest BCUT2D eigenvalue weighted by atomic mass is 79.9. The molecule has 1 aromatic heterocycles. The second-order valence-electron chi connectivity index (χ2n) is 3.34. The van der Waals surface area contributed by atoms with Crippen LogP contribution in [0.2, 0.25) is 0 Å². The summed E-state index contributed by atoms with van der Waals surface area (Å²) in [4.78, 5) is 4.00. The Bertz CT molecular complexity index is 536. The van der Waals surface area contributed by atoms with Gasteiger partial charge in [0.05, 0.1) is 10.7 Å². The Hall–Kier alpha value is -1.13. The topological polar surface area (TPSA) is 22.1 Å². The Morgan fingerprint density at radius 1 is 1.24 bits per heavy atom. The molecule has 0 aliphatic heterocycles. The van der Waals surface area contributed by atoms with Crippen LogP contribution in [0.25, 0.3) is 0 Å². The quantitative estimate of drug-likeness (QED) is 0.777. The first-order valence-electron chi connectivity index (χ1n) is 4.82. The summed E-state index contributed by atoms with van der Waals surface area (Å²) < 4.78 is 18.9. The van der Waals surface area contributed by atoms with Gasteiger partial charge in [0.15, 0.2) is 0 Å². The number of halogens is 3. The smallest absolute Gasteiger partial charge is 0.146 e. The molecule has 0 saturated heterocycles. The van der Waals surface area contributed by atoms with Gasteiger partial charge in [-0.2, -0.15) is 0 Å². The molecule has 0 spiro atoms. The Labute approximate surface area is 112 Å². The van der Waals surface area contributed by atoms with Crippen molar-refractivity contribution in [1.82, 2.24) is 4.98 Å². The Morgan fingerprint density at radius 2 is 2.06 bits per heavy atom. The van der Waals surface area contributed by atoms with Gasteiger partial charge in [-0.15, -0.1) is 11.6 Å². The number of hydrogen-bond acceptors (Lipinski definition) is 2. The van der Waals surface area contributed by atoms with E-state index in [1.54, 1.807) is 30.6 Å². The molecule has 0 N–H and O–H groups in total. The molecule has 0 atom stereocenters. The van der Waals surface area contributed by atoms with Crippen LogP contribution in [-0.4, -0.2) is 4.98 Å². The van der Waals surface area contributed by atoms with Gasteiger partial charge in [0.2, 0.25) is 0 Å². The maximum atomic E-state index is 13.0. The normalized spacial score (nSPS) is 10.3. The van der Waals surface area contributed by atoms with E-state index in [2.05, 4.69) is 20.9 Å². The van der Waals surface area contributed by atoms with Crippen LogP contribution in [0.15, 0.2) is 41.1 Å². The molecule has 5 heteroatoms. The summed E-state index contributed by atoms with van der Waals surface area (Å²) in [6.07, 6.45) is 3.24. The van der Waals surface area contributed by atoms with E-state index in [-0.39, 0.29) is 5.82 Å². The number of aromatic nitrogens is 1. The van der Waals surface area contributed by atoms with Crippen molar-refractivity contribution < 1.29 is 9.13 Å². The lowest BCUT2D eigenvalue weighted by molar-refractivity contribution is 0.477. The number of benzene rings is 1. The lowest BCUT2D eigenvalue weighted by atomic mass is 10.3. The van der Waals surface area contributed by atoms with Gasteiger partial charge in [0.25, 0.3) is 0 Å². The van der Waals surface area contributed by atoms with Crippen LogP contribution in [0.3, 0.4) is 0 Å². The average Bonchev–Trinajstić information content (AvgIpc) is 2.34. The molecule has 0 fully saturated rings.